The molecule has 1 aliphatic heterocycles. The molecule has 3 rings (SSSR count). The first-order valence-electron chi connectivity index (χ1n) is 9.14. The quantitative estimate of drug-likeness (QED) is 0.869. The summed E-state index contributed by atoms with van der Waals surface area (Å²) in [5.74, 6) is -0.0942. The van der Waals surface area contributed by atoms with Crippen molar-refractivity contribution in [2.45, 2.75) is 51.4 Å². The van der Waals surface area contributed by atoms with Gasteiger partial charge in [0.25, 0.3) is 0 Å². The van der Waals surface area contributed by atoms with Gasteiger partial charge < -0.3 is 10.0 Å². The summed E-state index contributed by atoms with van der Waals surface area (Å²) >= 11 is 0. The Hall–Kier alpha value is -1.84. The van der Waals surface area contributed by atoms with Crippen LogP contribution in [0.5, 0.6) is 0 Å². The fourth-order valence-corrected chi connectivity index (χ4v) is 4.20. The molecule has 1 amide bonds. The second-order valence-electron chi connectivity index (χ2n) is 7.49. The van der Waals surface area contributed by atoms with Gasteiger partial charge >= 0.3 is 5.97 Å². The van der Waals surface area contributed by atoms with Crippen LogP contribution >= 0.6 is 0 Å². The van der Waals surface area contributed by atoms with Gasteiger partial charge in [-0.15, -0.1) is 0 Å². The van der Waals surface area contributed by atoms with E-state index >= 15 is 0 Å². The highest BCUT2D eigenvalue weighted by Crippen LogP contribution is 2.45. The van der Waals surface area contributed by atoms with Crippen molar-refractivity contribution < 1.29 is 14.7 Å². The number of piperidine rings is 1. The lowest BCUT2D eigenvalue weighted by Gasteiger charge is -2.46. The third kappa shape index (κ3) is 3.80. The summed E-state index contributed by atoms with van der Waals surface area (Å²) in [5.41, 5.74) is 1.03. The zero-order chi connectivity index (χ0) is 17.0. The van der Waals surface area contributed by atoms with Crippen LogP contribution in [0, 0.1) is 11.3 Å². The van der Waals surface area contributed by atoms with E-state index in [2.05, 4.69) is 12.1 Å². The van der Waals surface area contributed by atoms with E-state index in [9.17, 15) is 9.59 Å². The normalized spacial score (nSPS) is 22.7. The SMILES string of the molecule is O=C(O)CCC1CCCN(C(=O)C2(Cc3ccccc3)CCC2)C1. The topological polar surface area (TPSA) is 57.6 Å². The highest BCUT2D eigenvalue weighted by molar-refractivity contribution is 5.84. The first-order valence-corrected chi connectivity index (χ1v) is 9.14. The van der Waals surface area contributed by atoms with E-state index in [0.29, 0.717) is 18.2 Å². The largest absolute Gasteiger partial charge is 0.481 e. The summed E-state index contributed by atoms with van der Waals surface area (Å²) in [6.07, 6.45) is 6.87. The first kappa shape index (κ1) is 17.0. The molecule has 4 nitrogen and oxygen atoms in total. The van der Waals surface area contributed by atoms with Gasteiger partial charge in [0.1, 0.15) is 0 Å². The van der Waals surface area contributed by atoms with Gasteiger partial charge in [0.15, 0.2) is 0 Å². The van der Waals surface area contributed by atoms with Crippen LogP contribution in [-0.4, -0.2) is 35.0 Å². The van der Waals surface area contributed by atoms with Gasteiger partial charge in [0.2, 0.25) is 5.91 Å². The molecule has 1 unspecified atom stereocenters. The molecular formula is C20H27NO3. The molecule has 2 fully saturated rings. The number of nitrogens with zero attached hydrogens (tertiary/aromatic N) is 1. The lowest BCUT2D eigenvalue weighted by atomic mass is 9.64. The fourth-order valence-electron chi connectivity index (χ4n) is 4.20. The Bertz CT molecular complexity index is 580. The molecule has 1 saturated carbocycles. The van der Waals surface area contributed by atoms with Gasteiger partial charge in [0, 0.05) is 19.5 Å². The minimum Gasteiger partial charge on any atom is -0.481 e. The molecule has 0 radical (unpaired) electrons. The van der Waals surface area contributed by atoms with E-state index in [1.54, 1.807) is 0 Å². The summed E-state index contributed by atoms with van der Waals surface area (Å²) in [6.45, 7) is 1.57. The molecule has 1 atom stereocenters. The van der Waals surface area contributed by atoms with Crippen LogP contribution in [-0.2, 0) is 16.0 Å². The molecule has 1 aromatic carbocycles. The number of carboxylic acids is 1. The maximum atomic E-state index is 13.2. The minimum atomic E-state index is -0.738. The Morgan fingerprint density at radius 1 is 1.17 bits per heavy atom. The van der Waals surface area contributed by atoms with E-state index in [4.69, 9.17) is 5.11 Å². The number of likely N-dealkylation sites (tertiary alicyclic amines) is 1. The maximum Gasteiger partial charge on any atom is 0.303 e. The number of hydrogen-bond donors (Lipinski definition) is 1. The summed E-state index contributed by atoms with van der Waals surface area (Å²) in [4.78, 5) is 26.0. The van der Waals surface area contributed by atoms with Gasteiger partial charge in [-0.25, -0.2) is 0 Å². The van der Waals surface area contributed by atoms with Gasteiger partial charge in [-0.3, -0.25) is 9.59 Å². The lowest BCUT2D eigenvalue weighted by molar-refractivity contribution is -0.149. The lowest BCUT2D eigenvalue weighted by Crippen LogP contribution is -2.52. The molecule has 4 heteroatoms. The average molecular weight is 329 g/mol. The van der Waals surface area contributed by atoms with Crippen molar-refractivity contribution >= 4 is 11.9 Å². The summed E-state index contributed by atoms with van der Waals surface area (Å²) in [6, 6.07) is 10.3. The first-order chi connectivity index (χ1) is 11.6. The molecular weight excluding hydrogens is 302 g/mol. The number of hydrogen-bond acceptors (Lipinski definition) is 2. The molecule has 1 heterocycles. The van der Waals surface area contributed by atoms with Crippen molar-refractivity contribution in [2.24, 2.45) is 11.3 Å². The van der Waals surface area contributed by atoms with Crippen LogP contribution in [0.4, 0.5) is 0 Å². The predicted molar refractivity (Wildman–Crippen MR) is 92.6 cm³/mol. The number of rotatable bonds is 6. The number of aliphatic carboxylic acids is 1. The molecule has 0 spiro atoms. The molecule has 2 aliphatic rings. The second-order valence-corrected chi connectivity index (χ2v) is 7.49. The molecule has 1 aliphatic carbocycles. The number of amides is 1. The summed E-state index contributed by atoms with van der Waals surface area (Å²) < 4.78 is 0. The van der Waals surface area contributed by atoms with Crippen molar-refractivity contribution in [1.29, 1.82) is 0 Å². The number of benzene rings is 1. The van der Waals surface area contributed by atoms with Crippen LogP contribution in [0.2, 0.25) is 0 Å². The molecule has 0 aromatic heterocycles. The molecule has 130 valence electrons. The number of carbonyl (C=O) groups excluding carboxylic acids is 1. The smallest absolute Gasteiger partial charge is 0.303 e. The minimum absolute atomic E-state index is 0.210. The van der Waals surface area contributed by atoms with Crippen molar-refractivity contribution in [1.82, 2.24) is 4.90 Å². The van der Waals surface area contributed by atoms with Crippen LogP contribution in [0.1, 0.15) is 50.5 Å². The molecule has 1 saturated heterocycles. The highest BCUT2D eigenvalue weighted by atomic mass is 16.4. The molecule has 0 bridgehead atoms. The summed E-state index contributed by atoms with van der Waals surface area (Å²) in [7, 11) is 0. The standard InChI is InChI=1S/C20H27NO3/c22-18(23)10-9-17-8-4-13-21(15-17)19(24)20(11-5-12-20)14-16-6-2-1-3-7-16/h1-3,6-7,17H,4-5,8-15H2,(H,22,23). The van der Waals surface area contributed by atoms with Gasteiger partial charge in [-0.1, -0.05) is 36.8 Å². The average Bonchev–Trinajstić information content (AvgIpc) is 2.57. The van der Waals surface area contributed by atoms with E-state index in [1.807, 2.05) is 23.1 Å². The molecule has 1 aromatic rings. The third-order valence-electron chi connectivity index (χ3n) is 5.72. The molecule has 24 heavy (non-hydrogen) atoms. The van der Waals surface area contributed by atoms with Gasteiger partial charge in [-0.05, 0) is 50.0 Å². The number of carbonyl (C=O) groups is 2. The van der Waals surface area contributed by atoms with E-state index in [1.165, 1.54) is 5.56 Å². The molecule has 1 N–H and O–H groups in total. The van der Waals surface area contributed by atoms with E-state index < -0.39 is 5.97 Å². The Morgan fingerprint density at radius 3 is 2.54 bits per heavy atom. The van der Waals surface area contributed by atoms with E-state index in [0.717, 1.165) is 51.6 Å². The van der Waals surface area contributed by atoms with Crippen molar-refractivity contribution in [3.8, 4) is 0 Å². The van der Waals surface area contributed by atoms with Crippen LogP contribution in [0.25, 0.3) is 0 Å². The Kier molecular flexibility index (Phi) is 5.22. The predicted octanol–water partition coefficient (Wildman–Crippen LogP) is 3.50. The Morgan fingerprint density at radius 2 is 1.92 bits per heavy atom. The van der Waals surface area contributed by atoms with E-state index in [-0.39, 0.29) is 11.8 Å². The third-order valence-corrected chi connectivity index (χ3v) is 5.72. The number of carboxylic acid groups (broad SMARTS) is 1. The van der Waals surface area contributed by atoms with Crippen molar-refractivity contribution in [2.75, 3.05) is 13.1 Å². The monoisotopic (exact) mass is 329 g/mol. The van der Waals surface area contributed by atoms with Crippen LogP contribution in [0.15, 0.2) is 30.3 Å². The highest BCUT2D eigenvalue weighted by Gasteiger charge is 2.46. The Balaban J connectivity index is 1.64. The van der Waals surface area contributed by atoms with Crippen molar-refractivity contribution in [3.05, 3.63) is 35.9 Å². The summed E-state index contributed by atoms with van der Waals surface area (Å²) in [5, 5.41) is 8.88. The van der Waals surface area contributed by atoms with Crippen molar-refractivity contribution in [3.63, 3.8) is 0 Å². The zero-order valence-corrected chi connectivity index (χ0v) is 14.2. The van der Waals surface area contributed by atoms with Crippen LogP contribution < -0.4 is 0 Å². The van der Waals surface area contributed by atoms with Gasteiger partial charge in [0.05, 0.1) is 5.41 Å². The Labute approximate surface area is 143 Å². The van der Waals surface area contributed by atoms with Crippen LogP contribution in [0.3, 0.4) is 0 Å². The van der Waals surface area contributed by atoms with Gasteiger partial charge in [-0.2, -0.15) is 0 Å². The second kappa shape index (κ2) is 7.37. The maximum absolute atomic E-state index is 13.2. The zero-order valence-electron chi connectivity index (χ0n) is 14.2. The fraction of sp³-hybridized carbons (Fsp3) is 0.600.